The molecule has 0 fully saturated rings. The third-order valence-corrected chi connectivity index (χ3v) is 6.24. The van der Waals surface area contributed by atoms with Crippen LogP contribution in [0.25, 0.3) is 0 Å². The number of rotatable bonds is 9. The highest BCUT2D eigenvalue weighted by molar-refractivity contribution is 7.99. The van der Waals surface area contributed by atoms with E-state index in [0.717, 1.165) is 0 Å². The van der Waals surface area contributed by atoms with E-state index >= 15 is 0 Å². The summed E-state index contributed by atoms with van der Waals surface area (Å²) in [6.45, 7) is 2.79. The molecule has 0 aliphatic rings. The zero-order chi connectivity index (χ0) is 22.4. The maximum atomic E-state index is 12.2. The van der Waals surface area contributed by atoms with Crippen LogP contribution in [0.2, 0.25) is 5.02 Å². The molecule has 1 aromatic heterocycles. The van der Waals surface area contributed by atoms with Gasteiger partial charge in [0.25, 0.3) is 0 Å². The second-order valence-corrected chi connectivity index (χ2v) is 9.23. The Hall–Kier alpha value is -2.60. The van der Waals surface area contributed by atoms with Gasteiger partial charge in [-0.1, -0.05) is 23.4 Å². The van der Waals surface area contributed by atoms with Gasteiger partial charge in [0.15, 0.2) is 11.0 Å². The summed E-state index contributed by atoms with van der Waals surface area (Å²) < 4.78 is 30.2. The lowest BCUT2D eigenvalue weighted by atomic mass is 10.3. The lowest BCUT2D eigenvalue weighted by Crippen LogP contribution is -2.15. The minimum absolute atomic E-state index is 0.0238. The number of carbonyl (C=O) groups is 1. The minimum Gasteiger partial charge on any atom is -0.486 e. The van der Waals surface area contributed by atoms with Crippen molar-refractivity contribution in [2.45, 2.75) is 30.1 Å². The minimum atomic E-state index is -3.78. The lowest BCUT2D eigenvalue weighted by Gasteiger charge is -2.09. The van der Waals surface area contributed by atoms with Crippen LogP contribution in [-0.2, 0) is 28.0 Å². The highest BCUT2D eigenvalue weighted by atomic mass is 35.5. The number of hydrogen-bond acceptors (Lipinski definition) is 7. The summed E-state index contributed by atoms with van der Waals surface area (Å²) in [5.74, 6) is 1.14. The van der Waals surface area contributed by atoms with Crippen LogP contribution in [-0.4, -0.2) is 34.8 Å². The highest BCUT2D eigenvalue weighted by Gasteiger charge is 2.14. The number of aromatic nitrogens is 3. The molecule has 31 heavy (non-hydrogen) atoms. The number of anilines is 1. The molecule has 2 aromatic carbocycles. The van der Waals surface area contributed by atoms with Gasteiger partial charge in [-0.15, -0.1) is 10.2 Å². The maximum absolute atomic E-state index is 12.2. The fraction of sp³-hybridized carbons (Fsp3) is 0.211. The average molecular weight is 482 g/mol. The summed E-state index contributed by atoms with van der Waals surface area (Å²) >= 11 is 7.11. The first-order valence-electron chi connectivity index (χ1n) is 9.12. The molecule has 0 unspecified atom stereocenters. The number of nitrogens with one attached hydrogen (secondary N) is 1. The third kappa shape index (κ3) is 6.44. The second-order valence-electron chi connectivity index (χ2n) is 6.29. The van der Waals surface area contributed by atoms with Crippen LogP contribution in [0.5, 0.6) is 5.75 Å². The van der Waals surface area contributed by atoms with E-state index in [9.17, 15) is 13.2 Å². The molecule has 0 aliphatic carbocycles. The number of halogens is 1. The molecule has 0 spiro atoms. The van der Waals surface area contributed by atoms with Gasteiger partial charge in [-0.2, -0.15) is 0 Å². The number of ether oxygens (including phenoxy) is 1. The normalized spacial score (nSPS) is 11.3. The lowest BCUT2D eigenvalue weighted by molar-refractivity contribution is -0.113. The Kier molecular flexibility index (Phi) is 7.55. The number of hydrogen-bond donors (Lipinski definition) is 2. The molecule has 12 heteroatoms. The standard InChI is InChI=1S/C19H20ClN5O4S2/c1-2-25-17(11-29-15-7-3-13(20)4-8-15)23-24-19(25)30-12-18(26)22-14-5-9-16(10-6-14)31(21,27)28/h3-10H,2,11-12H2,1H3,(H,22,26)(H2,21,27,28). The molecule has 3 N–H and O–H groups in total. The van der Waals surface area contributed by atoms with Crippen LogP contribution in [0.3, 0.4) is 0 Å². The molecule has 0 atom stereocenters. The molecule has 3 aromatic rings. The average Bonchev–Trinajstić information content (AvgIpc) is 3.13. The van der Waals surface area contributed by atoms with Gasteiger partial charge in [0.05, 0.1) is 10.6 Å². The molecular weight excluding hydrogens is 462 g/mol. The molecule has 0 saturated carbocycles. The summed E-state index contributed by atoms with van der Waals surface area (Å²) in [5.41, 5.74) is 0.465. The van der Waals surface area contributed by atoms with Gasteiger partial charge < -0.3 is 14.6 Å². The smallest absolute Gasteiger partial charge is 0.238 e. The Labute approximate surface area is 189 Å². The van der Waals surface area contributed by atoms with Crippen molar-refractivity contribution >= 4 is 45.0 Å². The van der Waals surface area contributed by atoms with Crippen LogP contribution < -0.4 is 15.2 Å². The van der Waals surface area contributed by atoms with Crippen LogP contribution in [0.1, 0.15) is 12.7 Å². The van der Waals surface area contributed by atoms with Crippen molar-refractivity contribution < 1.29 is 17.9 Å². The van der Waals surface area contributed by atoms with E-state index in [1.165, 1.54) is 36.0 Å². The number of thioether (sulfide) groups is 1. The van der Waals surface area contributed by atoms with Crippen molar-refractivity contribution in [3.05, 3.63) is 59.4 Å². The van der Waals surface area contributed by atoms with Gasteiger partial charge in [0.2, 0.25) is 15.9 Å². The number of carbonyl (C=O) groups excluding carboxylic acids is 1. The number of nitrogens with zero attached hydrogens (tertiary/aromatic N) is 3. The second kappa shape index (κ2) is 10.1. The fourth-order valence-electron chi connectivity index (χ4n) is 2.58. The molecular formula is C19H20ClN5O4S2. The SMILES string of the molecule is CCn1c(COc2ccc(Cl)cc2)nnc1SCC(=O)Nc1ccc(S(N)(=O)=O)cc1. The zero-order valence-corrected chi connectivity index (χ0v) is 18.9. The summed E-state index contributed by atoms with van der Waals surface area (Å²) in [5, 5.41) is 17.3. The Balaban J connectivity index is 1.56. The van der Waals surface area contributed by atoms with E-state index in [4.69, 9.17) is 21.5 Å². The van der Waals surface area contributed by atoms with Crippen LogP contribution >= 0.6 is 23.4 Å². The van der Waals surface area contributed by atoms with E-state index in [2.05, 4.69) is 15.5 Å². The first-order chi connectivity index (χ1) is 14.8. The van der Waals surface area contributed by atoms with E-state index in [1.54, 1.807) is 24.3 Å². The van der Waals surface area contributed by atoms with Gasteiger partial charge in [-0.25, -0.2) is 13.6 Å². The van der Waals surface area contributed by atoms with Crippen molar-refractivity contribution in [3.8, 4) is 5.75 Å². The first kappa shape index (κ1) is 23.1. The molecule has 0 bridgehead atoms. The quantitative estimate of drug-likeness (QED) is 0.449. The first-order valence-corrected chi connectivity index (χ1v) is 12.0. The summed E-state index contributed by atoms with van der Waals surface area (Å²) in [6, 6.07) is 12.6. The largest absolute Gasteiger partial charge is 0.486 e. The van der Waals surface area contributed by atoms with E-state index in [0.29, 0.717) is 34.0 Å². The number of nitrogens with two attached hydrogens (primary N) is 1. The zero-order valence-electron chi connectivity index (χ0n) is 16.5. The molecule has 1 heterocycles. The van der Waals surface area contributed by atoms with Gasteiger partial charge in [0, 0.05) is 17.3 Å². The Bertz CT molecular complexity index is 1150. The van der Waals surface area contributed by atoms with Crippen molar-refractivity contribution in [1.82, 2.24) is 14.8 Å². The predicted molar refractivity (Wildman–Crippen MR) is 119 cm³/mol. The Morgan fingerprint density at radius 1 is 1.16 bits per heavy atom. The van der Waals surface area contributed by atoms with Crippen molar-refractivity contribution in [2.75, 3.05) is 11.1 Å². The van der Waals surface area contributed by atoms with Gasteiger partial charge in [-0.05, 0) is 55.5 Å². The fourth-order valence-corrected chi connectivity index (χ4v) is 4.05. The summed E-state index contributed by atoms with van der Waals surface area (Å²) in [4.78, 5) is 12.2. The molecule has 1 amide bonds. The maximum Gasteiger partial charge on any atom is 0.238 e. The van der Waals surface area contributed by atoms with Crippen LogP contribution in [0, 0.1) is 0 Å². The molecule has 164 valence electrons. The topological polar surface area (TPSA) is 129 Å². The molecule has 0 radical (unpaired) electrons. The van der Waals surface area contributed by atoms with E-state index < -0.39 is 10.0 Å². The highest BCUT2D eigenvalue weighted by Crippen LogP contribution is 2.20. The van der Waals surface area contributed by atoms with Crippen molar-refractivity contribution in [3.63, 3.8) is 0 Å². The van der Waals surface area contributed by atoms with E-state index in [-0.39, 0.29) is 23.2 Å². The molecule has 9 nitrogen and oxygen atoms in total. The summed E-state index contributed by atoms with van der Waals surface area (Å²) in [6.07, 6.45) is 0. The predicted octanol–water partition coefficient (Wildman–Crippen LogP) is 2.91. The number of benzene rings is 2. The monoisotopic (exact) mass is 481 g/mol. The number of amides is 1. The molecule has 0 aliphatic heterocycles. The molecule has 0 saturated heterocycles. The van der Waals surface area contributed by atoms with Crippen LogP contribution in [0.15, 0.2) is 58.6 Å². The summed E-state index contributed by atoms with van der Waals surface area (Å²) in [7, 11) is -3.78. The van der Waals surface area contributed by atoms with E-state index in [1.807, 2.05) is 11.5 Å². The molecule has 3 rings (SSSR count). The Morgan fingerprint density at radius 2 is 1.84 bits per heavy atom. The Morgan fingerprint density at radius 3 is 2.45 bits per heavy atom. The number of primary sulfonamides is 1. The van der Waals surface area contributed by atoms with Gasteiger partial charge in [0.1, 0.15) is 12.4 Å². The van der Waals surface area contributed by atoms with Crippen molar-refractivity contribution in [2.24, 2.45) is 5.14 Å². The van der Waals surface area contributed by atoms with Crippen LogP contribution in [0.4, 0.5) is 5.69 Å². The van der Waals surface area contributed by atoms with Gasteiger partial charge >= 0.3 is 0 Å². The number of sulfonamides is 1. The van der Waals surface area contributed by atoms with Gasteiger partial charge in [-0.3, -0.25) is 4.79 Å². The van der Waals surface area contributed by atoms with Crippen molar-refractivity contribution in [1.29, 1.82) is 0 Å². The third-order valence-electron chi connectivity index (χ3n) is 4.09.